The summed E-state index contributed by atoms with van der Waals surface area (Å²) in [6.45, 7) is 1.23. The highest BCUT2D eigenvalue weighted by atomic mass is 19.4. The Labute approximate surface area is 99.2 Å². The molecule has 0 aromatic heterocycles. The summed E-state index contributed by atoms with van der Waals surface area (Å²) in [5.74, 6) is 0. The van der Waals surface area contributed by atoms with Gasteiger partial charge in [0.15, 0.2) is 6.10 Å². The quantitative estimate of drug-likeness (QED) is 0.601. The normalized spacial score (nSPS) is 13.9. The van der Waals surface area contributed by atoms with Gasteiger partial charge in [0, 0.05) is 20.3 Å². The van der Waals surface area contributed by atoms with Gasteiger partial charge in [-0.05, 0) is 19.4 Å². The standard InChI is InChI=1S/C10H20F3NO3/c1-15-7-8-16-5-2-6-17-9(3-4-14)10(11,12)13/h9H,2-8,14H2,1H3. The first-order chi connectivity index (χ1) is 8.02. The van der Waals surface area contributed by atoms with Crippen molar-refractivity contribution in [3.63, 3.8) is 0 Å². The largest absolute Gasteiger partial charge is 0.414 e. The van der Waals surface area contributed by atoms with Gasteiger partial charge in [0.2, 0.25) is 0 Å². The van der Waals surface area contributed by atoms with Crippen molar-refractivity contribution in [1.29, 1.82) is 0 Å². The molecule has 0 aromatic carbocycles. The molecule has 0 saturated heterocycles. The molecule has 0 aliphatic carbocycles. The predicted molar refractivity (Wildman–Crippen MR) is 56.8 cm³/mol. The predicted octanol–water partition coefficient (Wildman–Crippen LogP) is 1.34. The second kappa shape index (κ2) is 9.64. The fourth-order valence-electron chi connectivity index (χ4n) is 1.12. The molecule has 0 aliphatic heterocycles. The van der Waals surface area contributed by atoms with Crippen molar-refractivity contribution in [2.75, 3.05) is 40.1 Å². The summed E-state index contributed by atoms with van der Waals surface area (Å²) in [5.41, 5.74) is 5.09. The van der Waals surface area contributed by atoms with Gasteiger partial charge >= 0.3 is 6.18 Å². The van der Waals surface area contributed by atoms with Gasteiger partial charge in [-0.2, -0.15) is 13.2 Å². The maximum absolute atomic E-state index is 12.4. The van der Waals surface area contributed by atoms with Crippen LogP contribution >= 0.6 is 0 Å². The van der Waals surface area contributed by atoms with E-state index in [4.69, 9.17) is 19.9 Å². The Balaban J connectivity index is 3.55. The number of hydrogen-bond acceptors (Lipinski definition) is 4. The molecule has 0 saturated carbocycles. The molecule has 0 aliphatic rings. The van der Waals surface area contributed by atoms with Gasteiger partial charge in [-0.3, -0.25) is 0 Å². The third kappa shape index (κ3) is 9.34. The van der Waals surface area contributed by atoms with Crippen LogP contribution in [0.2, 0.25) is 0 Å². The van der Waals surface area contributed by atoms with Crippen molar-refractivity contribution in [1.82, 2.24) is 0 Å². The molecule has 0 heterocycles. The number of hydrogen-bond donors (Lipinski definition) is 1. The molecular formula is C10H20F3NO3. The van der Waals surface area contributed by atoms with E-state index in [1.54, 1.807) is 7.11 Å². The van der Waals surface area contributed by atoms with E-state index in [9.17, 15) is 13.2 Å². The van der Waals surface area contributed by atoms with Crippen LogP contribution in [0.4, 0.5) is 13.2 Å². The number of halogens is 3. The maximum atomic E-state index is 12.4. The third-order valence-electron chi connectivity index (χ3n) is 1.98. The minimum Gasteiger partial charge on any atom is -0.382 e. The lowest BCUT2D eigenvalue weighted by Gasteiger charge is -2.20. The summed E-state index contributed by atoms with van der Waals surface area (Å²) in [5, 5.41) is 0. The zero-order valence-corrected chi connectivity index (χ0v) is 9.96. The Morgan fingerprint density at radius 2 is 1.82 bits per heavy atom. The molecule has 0 spiro atoms. The van der Waals surface area contributed by atoms with E-state index in [0.29, 0.717) is 26.2 Å². The second-order valence-corrected chi connectivity index (χ2v) is 3.44. The summed E-state index contributed by atoms with van der Waals surface area (Å²) >= 11 is 0. The zero-order valence-electron chi connectivity index (χ0n) is 9.96. The molecule has 0 rings (SSSR count). The molecule has 7 heteroatoms. The molecule has 0 bridgehead atoms. The van der Waals surface area contributed by atoms with Gasteiger partial charge in [0.25, 0.3) is 0 Å². The average Bonchev–Trinajstić information content (AvgIpc) is 2.25. The van der Waals surface area contributed by atoms with Crippen molar-refractivity contribution in [3.8, 4) is 0 Å². The highest BCUT2D eigenvalue weighted by Crippen LogP contribution is 2.24. The lowest BCUT2D eigenvalue weighted by Crippen LogP contribution is -2.34. The van der Waals surface area contributed by atoms with E-state index < -0.39 is 12.3 Å². The second-order valence-electron chi connectivity index (χ2n) is 3.44. The molecule has 0 radical (unpaired) electrons. The minimum atomic E-state index is -4.35. The lowest BCUT2D eigenvalue weighted by molar-refractivity contribution is -0.222. The van der Waals surface area contributed by atoms with Gasteiger partial charge in [-0.15, -0.1) is 0 Å². The summed E-state index contributed by atoms with van der Waals surface area (Å²) < 4.78 is 51.6. The first-order valence-corrected chi connectivity index (χ1v) is 5.47. The van der Waals surface area contributed by atoms with Gasteiger partial charge in [0.1, 0.15) is 0 Å². The van der Waals surface area contributed by atoms with E-state index in [0.717, 1.165) is 0 Å². The van der Waals surface area contributed by atoms with Gasteiger partial charge in [-0.1, -0.05) is 0 Å². The van der Waals surface area contributed by atoms with Crippen LogP contribution in [0.1, 0.15) is 12.8 Å². The Hall–Kier alpha value is -0.370. The van der Waals surface area contributed by atoms with E-state index in [1.807, 2.05) is 0 Å². The Morgan fingerprint density at radius 3 is 2.35 bits per heavy atom. The van der Waals surface area contributed by atoms with Crippen LogP contribution in [0.25, 0.3) is 0 Å². The van der Waals surface area contributed by atoms with E-state index in [1.165, 1.54) is 0 Å². The van der Waals surface area contributed by atoms with Gasteiger partial charge in [0.05, 0.1) is 13.2 Å². The molecule has 0 aromatic rings. The number of rotatable bonds is 10. The summed E-state index contributed by atoms with van der Waals surface area (Å²) in [7, 11) is 1.55. The van der Waals surface area contributed by atoms with Crippen LogP contribution in [0.3, 0.4) is 0 Å². The fraction of sp³-hybridized carbons (Fsp3) is 1.00. The fourth-order valence-corrected chi connectivity index (χ4v) is 1.12. The number of ether oxygens (including phenoxy) is 3. The molecule has 1 atom stereocenters. The molecule has 0 fully saturated rings. The first kappa shape index (κ1) is 16.6. The molecule has 1 unspecified atom stereocenters. The van der Waals surface area contributed by atoms with Crippen LogP contribution < -0.4 is 5.73 Å². The van der Waals surface area contributed by atoms with Crippen LogP contribution in [0, 0.1) is 0 Å². The third-order valence-corrected chi connectivity index (χ3v) is 1.98. The summed E-state index contributed by atoms with van der Waals surface area (Å²) in [4.78, 5) is 0. The van der Waals surface area contributed by atoms with Gasteiger partial charge in [-0.25, -0.2) is 0 Å². The highest BCUT2D eigenvalue weighted by Gasteiger charge is 2.39. The van der Waals surface area contributed by atoms with Crippen molar-refractivity contribution >= 4 is 0 Å². The van der Waals surface area contributed by atoms with Crippen molar-refractivity contribution in [2.24, 2.45) is 5.73 Å². The lowest BCUT2D eigenvalue weighted by atomic mass is 10.2. The number of methoxy groups -OCH3 is 1. The van der Waals surface area contributed by atoms with E-state index in [-0.39, 0.29) is 19.6 Å². The highest BCUT2D eigenvalue weighted by molar-refractivity contribution is 4.67. The van der Waals surface area contributed by atoms with Crippen LogP contribution in [0.15, 0.2) is 0 Å². The minimum absolute atomic E-state index is 0.0111. The zero-order chi connectivity index (χ0) is 13.1. The van der Waals surface area contributed by atoms with Gasteiger partial charge < -0.3 is 19.9 Å². The summed E-state index contributed by atoms with van der Waals surface area (Å²) in [6, 6.07) is 0. The SMILES string of the molecule is COCCOCCCOC(CCN)C(F)(F)F. The Kier molecular flexibility index (Phi) is 9.43. The van der Waals surface area contributed by atoms with Crippen LogP contribution in [-0.4, -0.2) is 52.4 Å². The first-order valence-electron chi connectivity index (χ1n) is 5.47. The van der Waals surface area contributed by atoms with Crippen molar-refractivity contribution < 1.29 is 27.4 Å². The number of alkyl halides is 3. The van der Waals surface area contributed by atoms with Crippen LogP contribution in [0.5, 0.6) is 0 Å². The van der Waals surface area contributed by atoms with E-state index >= 15 is 0 Å². The maximum Gasteiger partial charge on any atom is 0.414 e. The molecular weight excluding hydrogens is 239 g/mol. The topological polar surface area (TPSA) is 53.7 Å². The van der Waals surface area contributed by atoms with Crippen LogP contribution in [-0.2, 0) is 14.2 Å². The Bertz CT molecular complexity index is 179. The molecule has 17 heavy (non-hydrogen) atoms. The molecule has 104 valence electrons. The monoisotopic (exact) mass is 259 g/mol. The molecule has 2 N–H and O–H groups in total. The molecule has 0 amide bonds. The Morgan fingerprint density at radius 1 is 1.12 bits per heavy atom. The van der Waals surface area contributed by atoms with Crippen molar-refractivity contribution in [2.45, 2.75) is 25.1 Å². The average molecular weight is 259 g/mol. The van der Waals surface area contributed by atoms with E-state index in [2.05, 4.69) is 0 Å². The summed E-state index contributed by atoms with van der Waals surface area (Å²) in [6.07, 6.45) is -5.92. The number of nitrogens with two attached hydrogens (primary N) is 1. The smallest absolute Gasteiger partial charge is 0.382 e. The molecule has 4 nitrogen and oxygen atoms in total. The van der Waals surface area contributed by atoms with Crippen molar-refractivity contribution in [3.05, 3.63) is 0 Å².